The molecule has 0 amide bonds. The van der Waals surface area contributed by atoms with Gasteiger partial charge in [0.25, 0.3) is 10.1 Å². The van der Waals surface area contributed by atoms with Crippen LogP contribution in [0.5, 0.6) is 0 Å². The highest BCUT2D eigenvalue weighted by molar-refractivity contribution is 7.86. The van der Waals surface area contributed by atoms with Gasteiger partial charge in [-0.2, -0.15) is 8.42 Å². The fourth-order valence-corrected chi connectivity index (χ4v) is 5.46. The quantitative estimate of drug-likeness (QED) is 0.173. The number of nitrogens with zero attached hydrogens (tertiary/aromatic N) is 2. The third-order valence-electron chi connectivity index (χ3n) is 6.32. The van der Waals surface area contributed by atoms with Crippen LogP contribution in [-0.2, 0) is 10.1 Å². The zero-order valence-electron chi connectivity index (χ0n) is 19.9. The van der Waals surface area contributed by atoms with Gasteiger partial charge in [0.05, 0.1) is 6.17 Å². The molecule has 1 aliphatic heterocycles. The number of hydrogen-bond acceptors (Lipinski definition) is 4. The summed E-state index contributed by atoms with van der Waals surface area (Å²) in [7, 11) is -4.07. The Kier molecular flexibility index (Phi) is 14.5. The minimum atomic E-state index is -4.07. The van der Waals surface area contributed by atoms with Gasteiger partial charge in [-0.15, -0.1) is 0 Å². The molecule has 2 unspecified atom stereocenters. The lowest BCUT2D eigenvalue weighted by Gasteiger charge is -2.34. The molecule has 2 atom stereocenters. The maximum absolute atomic E-state index is 11.7. The summed E-state index contributed by atoms with van der Waals surface area (Å²) in [5, 5.41) is -0.838. The van der Waals surface area contributed by atoms with Crippen molar-refractivity contribution in [3.8, 4) is 0 Å². The van der Waals surface area contributed by atoms with Crippen LogP contribution in [0.15, 0.2) is 12.4 Å². The summed E-state index contributed by atoms with van der Waals surface area (Å²) in [5.41, 5.74) is 0. The molecule has 0 aliphatic carbocycles. The lowest BCUT2D eigenvalue weighted by atomic mass is 10.0. The molecule has 0 bridgehead atoms. The van der Waals surface area contributed by atoms with Crippen LogP contribution in [0.25, 0.3) is 0 Å². The van der Waals surface area contributed by atoms with E-state index in [0.717, 1.165) is 19.4 Å². The summed E-state index contributed by atoms with van der Waals surface area (Å²) < 4.78 is 33.0. The fourth-order valence-electron chi connectivity index (χ4n) is 4.37. The van der Waals surface area contributed by atoms with Crippen LogP contribution in [-0.4, -0.2) is 40.9 Å². The van der Waals surface area contributed by atoms with Gasteiger partial charge >= 0.3 is 0 Å². The van der Waals surface area contributed by atoms with Gasteiger partial charge in [-0.1, -0.05) is 104 Å². The molecule has 0 saturated heterocycles. The van der Waals surface area contributed by atoms with E-state index in [-0.39, 0.29) is 6.17 Å². The van der Waals surface area contributed by atoms with Crippen molar-refractivity contribution in [3.63, 3.8) is 0 Å². The summed E-state index contributed by atoms with van der Waals surface area (Å²) in [6.07, 6.45) is 23.9. The van der Waals surface area contributed by atoms with Crippen LogP contribution in [0.3, 0.4) is 0 Å². The molecular weight excluding hydrogens is 396 g/mol. The SMILES string of the molecule is CCCCCCCCCCCCCCCCN1C=CN(C(CCC)S(=O)(=O)O)C1C. The van der Waals surface area contributed by atoms with E-state index in [1.54, 1.807) is 4.90 Å². The predicted molar refractivity (Wildman–Crippen MR) is 128 cm³/mol. The van der Waals surface area contributed by atoms with Gasteiger partial charge in [-0.3, -0.25) is 4.55 Å². The van der Waals surface area contributed by atoms with Crippen LogP contribution in [0.2, 0.25) is 0 Å². The van der Waals surface area contributed by atoms with Crippen molar-refractivity contribution in [2.24, 2.45) is 0 Å². The van der Waals surface area contributed by atoms with Gasteiger partial charge in [0.2, 0.25) is 0 Å². The first-order valence-electron chi connectivity index (χ1n) is 12.6. The van der Waals surface area contributed by atoms with Gasteiger partial charge in [0.15, 0.2) is 5.37 Å². The monoisotopic (exact) mass is 444 g/mol. The summed E-state index contributed by atoms with van der Waals surface area (Å²) in [4.78, 5) is 3.97. The topological polar surface area (TPSA) is 60.9 Å². The molecule has 5 nitrogen and oxygen atoms in total. The van der Waals surface area contributed by atoms with Gasteiger partial charge in [-0.25, -0.2) is 0 Å². The highest BCUT2D eigenvalue weighted by Gasteiger charge is 2.34. The van der Waals surface area contributed by atoms with Crippen LogP contribution in [0.4, 0.5) is 0 Å². The molecule has 0 fully saturated rings. The van der Waals surface area contributed by atoms with E-state index in [1.807, 2.05) is 26.2 Å². The third kappa shape index (κ3) is 11.0. The molecule has 6 heteroatoms. The molecule has 30 heavy (non-hydrogen) atoms. The lowest BCUT2D eigenvalue weighted by molar-refractivity contribution is 0.147. The highest BCUT2D eigenvalue weighted by Crippen LogP contribution is 2.24. The maximum atomic E-state index is 11.7. The summed E-state index contributed by atoms with van der Waals surface area (Å²) in [6.45, 7) is 7.16. The Bertz CT molecular complexity index is 551. The molecule has 1 rings (SSSR count). The van der Waals surface area contributed by atoms with E-state index in [9.17, 15) is 13.0 Å². The number of rotatable bonds is 19. The standard InChI is InChI=1S/C24H48N2O3S/c1-4-6-7-8-9-10-11-12-13-14-15-16-17-18-20-25-21-22-26(23(25)3)24(19-5-2)30(27,28)29/h21-24H,4-20H2,1-3H3,(H,27,28,29). The number of hydrogen-bond donors (Lipinski definition) is 1. The van der Waals surface area contributed by atoms with Crippen molar-refractivity contribution < 1.29 is 13.0 Å². The minimum absolute atomic E-state index is 0.0227. The summed E-state index contributed by atoms with van der Waals surface area (Å²) in [6, 6.07) is 0. The third-order valence-corrected chi connectivity index (χ3v) is 7.49. The van der Waals surface area contributed by atoms with Crippen molar-refractivity contribution in [3.05, 3.63) is 12.4 Å². The first kappa shape index (κ1) is 27.3. The molecule has 1 aliphatic rings. The average Bonchev–Trinajstić information content (AvgIpc) is 3.05. The maximum Gasteiger partial charge on any atom is 0.286 e. The Labute approximate surface area is 187 Å². The first-order valence-corrected chi connectivity index (χ1v) is 14.1. The molecule has 0 aromatic carbocycles. The summed E-state index contributed by atoms with van der Waals surface area (Å²) >= 11 is 0. The molecule has 178 valence electrons. The smallest absolute Gasteiger partial charge is 0.286 e. The Morgan fingerprint density at radius 1 is 0.767 bits per heavy atom. The Morgan fingerprint density at radius 2 is 1.23 bits per heavy atom. The molecular formula is C24H48N2O3S. The molecule has 1 N–H and O–H groups in total. The lowest BCUT2D eigenvalue weighted by Crippen LogP contribution is -2.45. The molecule has 0 aromatic heterocycles. The van der Waals surface area contributed by atoms with E-state index >= 15 is 0 Å². The van der Waals surface area contributed by atoms with Crippen molar-refractivity contribution in [2.45, 2.75) is 135 Å². The Balaban J connectivity index is 2.04. The molecule has 0 radical (unpaired) electrons. The molecule has 1 heterocycles. The predicted octanol–water partition coefficient (Wildman–Crippen LogP) is 6.92. The van der Waals surface area contributed by atoms with Gasteiger partial charge in [0, 0.05) is 18.9 Å². The first-order chi connectivity index (χ1) is 14.4. The zero-order chi connectivity index (χ0) is 22.2. The van der Waals surface area contributed by atoms with E-state index in [4.69, 9.17) is 0 Å². The van der Waals surface area contributed by atoms with E-state index < -0.39 is 15.5 Å². The van der Waals surface area contributed by atoms with Crippen LogP contribution < -0.4 is 0 Å². The fraction of sp³-hybridized carbons (Fsp3) is 0.917. The van der Waals surface area contributed by atoms with Gasteiger partial charge < -0.3 is 9.80 Å². The van der Waals surface area contributed by atoms with E-state index in [2.05, 4.69) is 11.8 Å². The molecule has 0 saturated carbocycles. The zero-order valence-corrected chi connectivity index (χ0v) is 20.7. The largest absolute Gasteiger partial charge is 0.356 e. The average molecular weight is 445 g/mol. The summed E-state index contributed by atoms with van der Waals surface area (Å²) in [5.74, 6) is 0. The van der Waals surface area contributed by atoms with E-state index in [0.29, 0.717) is 6.42 Å². The van der Waals surface area contributed by atoms with Crippen LogP contribution >= 0.6 is 0 Å². The second-order valence-corrected chi connectivity index (χ2v) is 10.5. The second-order valence-electron chi connectivity index (χ2n) is 8.97. The molecule has 0 spiro atoms. The Morgan fingerprint density at radius 3 is 1.67 bits per heavy atom. The normalized spacial score (nSPS) is 17.8. The molecule has 0 aromatic rings. The van der Waals surface area contributed by atoms with Crippen molar-refractivity contribution in [1.82, 2.24) is 9.80 Å². The van der Waals surface area contributed by atoms with E-state index in [1.165, 1.54) is 83.5 Å². The van der Waals surface area contributed by atoms with Crippen molar-refractivity contribution in [2.75, 3.05) is 6.54 Å². The van der Waals surface area contributed by atoms with Crippen molar-refractivity contribution in [1.29, 1.82) is 0 Å². The van der Waals surface area contributed by atoms with Gasteiger partial charge in [-0.05, 0) is 19.8 Å². The van der Waals surface area contributed by atoms with Crippen molar-refractivity contribution >= 4 is 10.1 Å². The van der Waals surface area contributed by atoms with Gasteiger partial charge in [0.1, 0.15) is 0 Å². The Hall–Kier alpha value is -0.750. The second kappa shape index (κ2) is 16.0. The number of unbranched alkanes of at least 4 members (excludes halogenated alkanes) is 13. The van der Waals surface area contributed by atoms with Crippen LogP contribution in [0.1, 0.15) is 124 Å². The highest BCUT2D eigenvalue weighted by atomic mass is 32.2. The minimum Gasteiger partial charge on any atom is -0.356 e. The van der Waals surface area contributed by atoms with Crippen LogP contribution in [0, 0.1) is 0 Å².